The van der Waals surface area contributed by atoms with Crippen LogP contribution < -0.4 is 10.5 Å². The van der Waals surface area contributed by atoms with Crippen LogP contribution in [0.3, 0.4) is 0 Å². The molecule has 6 heteroatoms. The summed E-state index contributed by atoms with van der Waals surface area (Å²) in [4.78, 5) is 22.1. The Morgan fingerprint density at radius 1 is 1.30 bits per heavy atom. The maximum absolute atomic E-state index is 12.4. The van der Waals surface area contributed by atoms with E-state index in [0.29, 0.717) is 23.0 Å². The molecule has 1 atom stereocenters. The van der Waals surface area contributed by atoms with E-state index in [1.54, 1.807) is 10.9 Å². The van der Waals surface area contributed by atoms with Crippen LogP contribution in [0.25, 0.3) is 16.7 Å². The summed E-state index contributed by atoms with van der Waals surface area (Å²) in [5, 5.41) is 5.04. The number of H-pyrrole nitrogens is 1. The molecule has 3 aromatic rings. The van der Waals surface area contributed by atoms with E-state index < -0.39 is 0 Å². The van der Waals surface area contributed by atoms with E-state index in [4.69, 9.17) is 0 Å². The van der Waals surface area contributed by atoms with Crippen LogP contribution in [0, 0.1) is 6.92 Å². The first-order chi connectivity index (χ1) is 11.1. The predicted molar refractivity (Wildman–Crippen MR) is 90.3 cm³/mol. The molecule has 4 rings (SSSR count). The monoisotopic (exact) mass is 309 g/mol. The second-order valence-corrected chi connectivity index (χ2v) is 6.17. The molecule has 1 N–H and O–H groups in total. The van der Waals surface area contributed by atoms with Gasteiger partial charge in [0, 0.05) is 18.8 Å². The van der Waals surface area contributed by atoms with Crippen molar-refractivity contribution in [3.05, 3.63) is 46.4 Å². The summed E-state index contributed by atoms with van der Waals surface area (Å²) in [5.41, 5.74) is 2.42. The highest BCUT2D eigenvalue weighted by molar-refractivity contribution is 5.74. The average molecular weight is 309 g/mol. The summed E-state index contributed by atoms with van der Waals surface area (Å²) >= 11 is 0. The maximum atomic E-state index is 12.4. The molecular weight excluding hydrogens is 290 g/mol. The highest BCUT2D eigenvalue weighted by Crippen LogP contribution is 2.22. The number of rotatable bonds is 2. The molecular formula is C17H19N5O. The summed E-state index contributed by atoms with van der Waals surface area (Å²) in [6, 6.07) is 8.35. The van der Waals surface area contributed by atoms with Crippen molar-refractivity contribution in [3.8, 4) is 5.69 Å². The fourth-order valence-electron chi connectivity index (χ4n) is 3.23. The van der Waals surface area contributed by atoms with Crippen LogP contribution in [-0.4, -0.2) is 32.3 Å². The maximum Gasteiger partial charge on any atom is 0.263 e. The lowest BCUT2D eigenvalue weighted by molar-refractivity contribution is 0.717. The third-order valence-corrected chi connectivity index (χ3v) is 4.56. The van der Waals surface area contributed by atoms with Crippen LogP contribution in [0.2, 0.25) is 0 Å². The lowest BCUT2D eigenvalue weighted by atomic mass is 10.2. The molecule has 1 fully saturated rings. The van der Waals surface area contributed by atoms with E-state index >= 15 is 0 Å². The summed E-state index contributed by atoms with van der Waals surface area (Å²) in [7, 11) is 0. The van der Waals surface area contributed by atoms with Gasteiger partial charge in [0.25, 0.3) is 5.56 Å². The number of fused-ring (bicyclic) bond motifs is 1. The van der Waals surface area contributed by atoms with E-state index in [9.17, 15) is 4.79 Å². The van der Waals surface area contributed by atoms with Crippen LogP contribution in [0.5, 0.6) is 0 Å². The van der Waals surface area contributed by atoms with Gasteiger partial charge in [-0.1, -0.05) is 18.2 Å². The summed E-state index contributed by atoms with van der Waals surface area (Å²) in [6.07, 6.45) is 4.00. The van der Waals surface area contributed by atoms with Gasteiger partial charge in [-0.3, -0.25) is 9.78 Å². The first-order valence-electron chi connectivity index (χ1n) is 7.96. The van der Waals surface area contributed by atoms with E-state index in [2.05, 4.69) is 26.9 Å². The molecule has 1 aromatic carbocycles. The molecule has 1 aliphatic heterocycles. The van der Waals surface area contributed by atoms with Crippen molar-refractivity contribution in [3.63, 3.8) is 0 Å². The van der Waals surface area contributed by atoms with Gasteiger partial charge in [0.2, 0.25) is 5.95 Å². The zero-order valence-electron chi connectivity index (χ0n) is 13.3. The molecule has 1 aliphatic rings. The van der Waals surface area contributed by atoms with Gasteiger partial charge in [-0.05, 0) is 38.3 Å². The quantitative estimate of drug-likeness (QED) is 0.789. The van der Waals surface area contributed by atoms with E-state index in [0.717, 1.165) is 30.6 Å². The number of para-hydroxylation sites is 1. The highest BCUT2D eigenvalue weighted by atomic mass is 16.1. The Morgan fingerprint density at radius 2 is 2.13 bits per heavy atom. The van der Waals surface area contributed by atoms with Crippen LogP contribution in [0.1, 0.15) is 25.3 Å². The van der Waals surface area contributed by atoms with Gasteiger partial charge in [0.05, 0.1) is 5.69 Å². The van der Waals surface area contributed by atoms with Gasteiger partial charge in [0.15, 0.2) is 5.65 Å². The molecule has 0 amide bonds. The number of hydrogen-bond acceptors (Lipinski definition) is 4. The predicted octanol–water partition coefficient (Wildman–Crippen LogP) is 2.41. The summed E-state index contributed by atoms with van der Waals surface area (Å²) in [5.74, 6) is 0.627. The Bertz CT molecular complexity index is 926. The Kier molecular flexibility index (Phi) is 3.18. The van der Waals surface area contributed by atoms with Gasteiger partial charge >= 0.3 is 0 Å². The van der Waals surface area contributed by atoms with Crippen molar-refractivity contribution in [1.82, 2.24) is 19.7 Å². The number of anilines is 1. The van der Waals surface area contributed by atoms with E-state index in [1.165, 1.54) is 0 Å². The first-order valence-corrected chi connectivity index (χ1v) is 7.96. The Balaban J connectivity index is 1.85. The molecule has 1 saturated heterocycles. The number of aromatic amines is 1. The zero-order valence-corrected chi connectivity index (χ0v) is 13.3. The SMILES string of the molecule is Cc1ccccc1-n1cc2c(=O)[nH]c(N3CCCC3C)nc2n1. The molecule has 6 nitrogen and oxygen atoms in total. The minimum atomic E-state index is -0.135. The number of aryl methyl sites for hydroxylation is 1. The second-order valence-electron chi connectivity index (χ2n) is 6.17. The van der Waals surface area contributed by atoms with Crippen molar-refractivity contribution in [1.29, 1.82) is 0 Å². The fourth-order valence-corrected chi connectivity index (χ4v) is 3.23. The minimum absolute atomic E-state index is 0.135. The van der Waals surface area contributed by atoms with Crippen molar-refractivity contribution < 1.29 is 0 Å². The largest absolute Gasteiger partial charge is 0.340 e. The van der Waals surface area contributed by atoms with Crippen molar-refractivity contribution in [2.45, 2.75) is 32.7 Å². The van der Waals surface area contributed by atoms with Crippen LogP contribution in [0.4, 0.5) is 5.95 Å². The third kappa shape index (κ3) is 2.30. The lowest BCUT2D eigenvalue weighted by Gasteiger charge is -2.21. The Morgan fingerprint density at radius 3 is 2.87 bits per heavy atom. The first kappa shape index (κ1) is 14.0. The molecule has 2 aromatic heterocycles. The molecule has 23 heavy (non-hydrogen) atoms. The number of hydrogen-bond donors (Lipinski definition) is 1. The number of nitrogens with one attached hydrogen (secondary N) is 1. The molecule has 0 radical (unpaired) electrons. The standard InChI is InChI=1S/C17H19N5O/c1-11-6-3-4-8-14(11)22-10-13-15(20-22)18-17(19-16(13)23)21-9-5-7-12(21)2/h3-4,6,8,10,12H,5,7,9H2,1-2H3,(H,18,19,20,23). The van der Waals surface area contributed by atoms with Gasteiger partial charge in [-0.15, -0.1) is 5.10 Å². The van der Waals surface area contributed by atoms with Gasteiger partial charge in [-0.25, -0.2) is 4.68 Å². The average Bonchev–Trinajstić information content (AvgIpc) is 3.14. The van der Waals surface area contributed by atoms with E-state index in [-0.39, 0.29) is 5.56 Å². The van der Waals surface area contributed by atoms with Crippen LogP contribution >= 0.6 is 0 Å². The lowest BCUT2D eigenvalue weighted by Crippen LogP contribution is -2.30. The Labute approximate surface area is 133 Å². The number of aromatic nitrogens is 4. The van der Waals surface area contributed by atoms with Gasteiger partial charge in [-0.2, -0.15) is 4.98 Å². The normalized spacial score (nSPS) is 18.0. The topological polar surface area (TPSA) is 66.8 Å². The third-order valence-electron chi connectivity index (χ3n) is 4.56. The van der Waals surface area contributed by atoms with Crippen molar-refractivity contribution in [2.24, 2.45) is 0 Å². The number of benzene rings is 1. The summed E-state index contributed by atoms with van der Waals surface area (Å²) in [6.45, 7) is 5.11. The molecule has 3 heterocycles. The minimum Gasteiger partial charge on any atom is -0.340 e. The smallest absolute Gasteiger partial charge is 0.263 e. The van der Waals surface area contributed by atoms with Crippen molar-refractivity contribution in [2.75, 3.05) is 11.4 Å². The molecule has 118 valence electrons. The molecule has 0 aliphatic carbocycles. The molecule has 1 unspecified atom stereocenters. The zero-order chi connectivity index (χ0) is 16.0. The molecule has 0 saturated carbocycles. The van der Waals surface area contributed by atoms with Crippen molar-refractivity contribution >= 4 is 17.0 Å². The highest BCUT2D eigenvalue weighted by Gasteiger charge is 2.23. The van der Waals surface area contributed by atoms with Gasteiger partial charge in [0.1, 0.15) is 5.39 Å². The summed E-state index contributed by atoms with van der Waals surface area (Å²) < 4.78 is 1.74. The van der Waals surface area contributed by atoms with Gasteiger partial charge < -0.3 is 4.90 Å². The number of nitrogens with zero attached hydrogens (tertiary/aromatic N) is 4. The van der Waals surface area contributed by atoms with Crippen LogP contribution in [-0.2, 0) is 0 Å². The fraction of sp³-hybridized carbons (Fsp3) is 0.353. The molecule has 0 bridgehead atoms. The van der Waals surface area contributed by atoms with Crippen LogP contribution in [0.15, 0.2) is 35.3 Å². The Hall–Kier alpha value is -2.63. The van der Waals surface area contributed by atoms with E-state index in [1.807, 2.05) is 31.2 Å². The second kappa shape index (κ2) is 5.22. The molecule has 0 spiro atoms.